The van der Waals surface area contributed by atoms with Gasteiger partial charge < -0.3 is 9.84 Å². The van der Waals surface area contributed by atoms with Crippen LogP contribution in [0.15, 0.2) is 53.5 Å². The Morgan fingerprint density at radius 1 is 1.15 bits per heavy atom. The number of nitrogens with zero attached hydrogens (tertiary/aromatic N) is 1. The average molecular weight is 269 g/mol. The molecule has 0 spiro atoms. The fourth-order valence-corrected chi connectivity index (χ4v) is 1.59. The summed E-state index contributed by atoms with van der Waals surface area (Å²) < 4.78 is 4.72. The second kappa shape index (κ2) is 6.29. The van der Waals surface area contributed by atoms with Crippen molar-refractivity contribution in [1.29, 1.82) is 0 Å². The maximum atomic E-state index is 10.8. The van der Waals surface area contributed by atoms with Gasteiger partial charge in [-0.15, -0.1) is 0 Å². The molecule has 0 bridgehead atoms. The molecule has 0 heterocycles. The standard InChI is InChI=1S/C15H11NO4/c17-10-20-14-6-2-5-13(8-14)16-9-11-3-1-4-12(7-11)15(18)19/h1-10H,(H,18,19)/b16-9+. The van der Waals surface area contributed by atoms with Gasteiger partial charge in [0.05, 0.1) is 11.3 Å². The number of aromatic carboxylic acids is 1. The molecule has 0 aliphatic heterocycles. The highest BCUT2D eigenvalue weighted by Gasteiger charge is 2.01. The second-order valence-corrected chi connectivity index (χ2v) is 3.90. The zero-order valence-electron chi connectivity index (χ0n) is 10.4. The van der Waals surface area contributed by atoms with Crippen LogP contribution in [-0.2, 0) is 4.79 Å². The molecule has 1 N–H and O–H groups in total. The normalized spacial score (nSPS) is 10.4. The van der Waals surface area contributed by atoms with E-state index in [4.69, 9.17) is 9.84 Å². The minimum atomic E-state index is -0.985. The monoisotopic (exact) mass is 269 g/mol. The van der Waals surface area contributed by atoms with Crippen molar-refractivity contribution in [2.24, 2.45) is 4.99 Å². The SMILES string of the molecule is O=COc1cccc(/N=C/c2cccc(C(=O)O)c2)c1. The summed E-state index contributed by atoms with van der Waals surface area (Å²) in [6, 6.07) is 13.1. The Morgan fingerprint density at radius 2 is 1.95 bits per heavy atom. The first-order valence-electron chi connectivity index (χ1n) is 5.77. The molecule has 5 nitrogen and oxygen atoms in total. The Bertz CT molecular complexity index is 664. The Morgan fingerprint density at radius 3 is 2.70 bits per heavy atom. The quantitative estimate of drug-likeness (QED) is 0.668. The van der Waals surface area contributed by atoms with Crippen LogP contribution in [-0.4, -0.2) is 23.8 Å². The largest absolute Gasteiger partial charge is 0.478 e. The molecule has 5 heteroatoms. The number of carboxylic acid groups (broad SMARTS) is 1. The van der Waals surface area contributed by atoms with Crippen LogP contribution in [0, 0.1) is 0 Å². The molecule has 20 heavy (non-hydrogen) atoms. The summed E-state index contributed by atoms with van der Waals surface area (Å²) in [5.74, 6) is -0.587. The average Bonchev–Trinajstić information content (AvgIpc) is 2.46. The van der Waals surface area contributed by atoms with Crippen molar-refractivity contribution in [3.05, 3.63) is 59.7 Å². The van der Waals surface area contributed by atoms with Crippen LogP contribution in [0.25, 0.3) is 0 Å². The number of rotatable bonds is 5. The molecule has 100 valence electrons. The van der Waals surface area contributed by atoms with Crippen LogP contribution in [0.3, 0.4) is 0 Å². The van der Waals surface area contributed by atoms with Gasteiger partial charge in [0, 0.05) is 12.3 Å². The fraction of sp³-hybridized carbons (Fsp3) is 0. The summed E-state index contributed by atoms with van der Waals surface area (Å²) >= 11 is 0. The maximum absolute atomic E-state index is 10.8. The molecule has 0 unspecified atom stereocenters. The Labute approximate surface area is 115 Å². The Hall–Kier alpha value is -2.95. The predicted octanol–water partition coefficient (Wildman–Crippen LogP) is 2.67. The molecule has 2 aromatic rings. The number of hydrogen-bond acceptors (Lipinski definition) is 4. The molecule has 0 fully saturated rings. The van der Waals surface area contributed by atoms with E-state index in [0.29, 0.717) is 23.5 Å². The first-order valence-corrected chi connectivity index (χ1v) is 5.77. The lowest BCUT2D eigenvalue weighted by Gasteiger charge is -1.99. The summed E-state index contributed by atoms with van der Waals surface area (Å²) in [5, 5.41) is 8.90. The zero-order valence-corrected chi connectivity index (χ0v) is 10.4. The number of aliphatic imine (C=N–C) groups is 1. The van der Waals surface area contributed by atoms with E-state index in [1.807, 2.05) is 0 Å². The highest BCUT2D eigenvalue weighted by Crippen LogP contribution is 2.19. The van der Waals surface area contributed by atoms with Gasteiger partial charge in [0.15, 0.2) is 0 Å². The van der Waals surface area contributed by atoms with Gasteiger partial charge in [0.1, 0.15) is 5.75 Å². The molecule has 0 amide bonds. The van der Waals surface area contributed by atoms with Crippen molar-refractivity contribution >= 4 is 24.3 Å². The second-order valence-electron chi connectivity index (χ2n) is 3.90. The van der Waals surface area contributed by atoms with Crippen molar-refractivity contribution in [3.8, 4) is 5.75 Å². The lowest BCUT2D eigenvalue weighted by molar-refractivity contribution is -0.120. The van der Waals surface area contributed by atoms with Gasteiger partial charge in [0.25, 0.3) is 6.47 Å². The van der Waals surface area contributed by atoms with Crippen LogP contribution < -0.4 is 4.74 Å². The molecular formula is C15H11NO4. The van der Waals surface area contributed by atoms with E-state index in [1.54, 1.807) is 42.6 Å². The van der Waals surface area contributed by atoms with Gasteiger partial charge in [-0.25, -0.2) is 4.79 Å². The highest BCUT2D eigenvalue weighted by molar-refractivity contribution is 5.91. The maximum Gasteiger partial charge on any atom is 0.335 e. The van der Waals surface area contributed by atoms with Gasteiger partial charge in [0.2, 0.25) is 0 Å². The number of ether oxygens (including phenoxy) is 1. The first-order chi connectivity index (χ1) is 9.69. The minimum Gasteiger partial charge on any atom is -0.478 e. The van der Waals surface area contributed by atoms with E-state index >= 15 is 0 Å². The smallest absolute Gasteiger partial charge is 0.335 e. The van der Waals surface area contributed by atoms with Crippen molar-refractivity contribution in [2.75, 3.05) is 0 Å². The van der Waals surface area contributed by atoms with E-state index in [-0.39, 0.29) is 5.56 Å². The van der Waals surface area contributed by atoms with Gasteiger partial charge in [-0.1, -0.05) is 18.2 Å². The third-order valence-corrected chi connectivity index (χ3v) is 2.50. The predicted molar refractivity (Wildman–Crippen MR) is 73.8 cm³/mol. The number of benzene rings is 2. The third kappa shape index (κ3) is 3.52. The number of carbonyl (C=O) groups is 2. The topological polar surface area (TPSA) is 76.0 Å². The lowest BCUT2D eigenvalue weighted by atomic mass is 10.1. The summed E-state index contributed by atoms with van der Waals surface area (Å²) in [6.07, 6.45) is 1.55. The van der Waals surface area contributed by atoms with Gasteiger partial charge in [-0.3, -0.25) is 9.79 Å². The molecule has 0 saturated heterocycles. The van der Waals surface area contributed by atoms with Crippen molar-refractivity contribution in [3.63, 3.8) is 0 Å². The summed E-state index contributed by atoms with van der Waals surface area (Å²) in [7, 11) is 0. The van der Waals surface area contributed by atoms with Crippen LogP contribution in [0.4, 0.5) is 5.69 Å². The van der Waals surface area contributed by atoms with E-state index in [2.05, 4.69) is 4.99 Å². The molecule has 2 rings (SSSR count). The molecule has 0 aromatic heterocycles. The van der Waals surface area contributed by atoms with E-state index in [9.17, 15) is 9.59 Å². The number of carbonyl (C=O) groups excluding carboxylic acids is 1. The van der Waals surface area contributed by atoms with Gasteiger partial charge in [-0.05, 0) is 29.8 Å². The summed E-state index contributed by atoms with van der Waals surface area (Å²) in [6.45, 7) is 0.346. The molecule has 0 aliphatic carbocycles. The molecular weight excluding hydrogens is 258 g/mol. The lowest BCUT2D eigenvalue weighted by Crippen LogP contribution is -1.96. The molecule has 2 aromatic carbocycles. The number of hydrogen-bond donors (Lipinski definition) is 1. The third-order valence-electron chi connectivity index (χ3n) is 2.50. The van der Waals surface area contributed by atoms with Crippen LogP contribution in [0.2, 0.25) is 0 Å². The van der Waals surface area contributed by atoms with Crippen molar-refractivity contribution in [1.82, 2.24) is 0 Å². The van der Waals surface area contributed by atoms with Gasteiger partial charge >= 0.3 is 5.97 Å². The zero-order chi connectivity index (χ0) is 14.4. The molecule has 0 aliphatic rings. The molecule has 0 saturated carbocycles. The molecule has 0 atom stereocenters. The highest BCUT2D eigenvalue weighted by atomic mass is 16.5. The number of carboxylic acids is 1. The van der Waals surface area contributed by atoms with Crippen LogP contribution in [0.5, 0.6) is 5.75 Å². The fourth-order valence-electron chi connectivity index (χ4n) is 1.59. The van der Waals surface area contributed by atoms with Crippen LogP contribution >= 0.6 is 0 Å². The van der Waals surface area contributed by atoms with Crippen molar-refractivity contribution < 1.29 is 19.4 Å². The Balaban J connectivity index is 2.20. The van der Waals surface area contributed by atoms with E-state index < -0.39 is 5.97 Å². The van der Waals surface area contributed by atoms with E-state index in [0.717, 1.165) is 0 Å². The van der Waals surface area contributed by atoms with Crippen molar-refractivity contribution in [2.45, 2.75) is 0 Å². The summed E-state index contributed by atoms with van der Waals surface area (Å²) in [5.41, 5.74) is 1.48. The Kier molecular flexibility index (Phi) is 4.24. The van der Waals surface area contributed by atoms with Gasteiger partial charge in [-0.2, -0.15) is 0 Å². The first kappa shape index (κ1) is 13.5. The minimum absolute atomic E-state index is 0.201. The summed E-state index contributed by atoms with van der Waals surface area (Å²) in [4.78, 5) is 25.3. The van der Waals surface area contributed by atoms with Crippen LogP contribution in [0.1, 0.15) is 15.9 Å². The molecule has 0 radical (unpaired) electrons. The van der Waals surface area contributed by atoms with E-state index in [1.165, 1.54) is 12.1 Å².